The molecule has 136 valence electrons. The van der Waals surface area contributed by atoms with Crippen molar-refractivity contribution in [3.05, 3.63) is 39.6 Å². The van der Waals surface area contributed by atoms with Gasteiger partial charge in [0.1, 0.15) is 5.75 Å². The van der Waals surface area contributed by atoms with E-state index in [4.69, 9.17) is 4.74 Å². The summed E-state index contributed by atoms with van der Waals surface area (Å²) >= 11 is 3.48. The van der Waals surface area contributed by atoms with Crippen molar-refractivity contribution in [2.24, 2.45) is 7.05 Å². The number of hydrogen-bond donors (Lipinski definition) is 1. The maximum Gasteiger partial charge on any atom is 0.241 e. The van der Waals surface area contributed by atoms with Crippen LogP contribution in [-0.4, -0.2) is 40.8 Å². The monoisotopic (exact) mass is 408 g/mol. The topological polar surface area (TPSA) is 59.4 Å². The number of carbonyl (C=O) groups is 1. The predicted molar refractivity (Wildman–Crippen MR) is 103 cm³/mol. The highest BCUT2D eigenvalue weighted by Gasteiger charge is 2.22. The van der Waals surface area contributed by atoms with Gasteiger partial charge in [0.25, 0.3) is 0 Å². The van der Waals surface area contributed by atoms with Crippen molar-refractivity contribution in [3.63, 3.8) is 0 Å². The van der Waals surface area contributed by atoms with Gasteiger partial charge in [0.05, 0.1) is 30.2 Å². The maximum absolute atomic E-state index is 12.6. The van der Waals surface area contributed by atoms with E-state index < -0.39 is 0 Å². The Labute approximate surface area is 157 Å². The third kappa shape index (κ3) is 4.41. The summed E-state index contributed by atoms with van der Waals surface area (Å²) in [5.74, 6) is 0.747. The lowest BCUT2D eigenvalue weighted by Gasteiger charge is -2.25. The van der Waals surface area contributed by atoms with Crippen LogP contribution in [0.2, 0.25) is 0 Å². The Kier molecular flexibility index (Phi) is 6.24. The molecule has 0 aliphatic carbocycles. The zero-order valence-electron chi connectivity index (χ0n) is 15.6. The van der Waals surface area contributed by atoms with Crippen LogP contribution in [-0.2, 0) is 18.4 Å². The molecule has 1 aromatic heterocycles. The number of likely N-dealkylation sites (N-methyl/N-ethyl adjacent to an activating group) is 1. The minimum atomic E-state index is -0.303. The average molecular weight is 409 g/mol. The summed E-state index contributed by atoms with van der Waals surface area (Å²) in [6.45, 7) is 6.32. The number of hydrogen-bond acceptors (Lipinski definition) is 4. The Hall–Kier alpha value is -1.86. The molecule has 0 unspecified atom stereocenters. The lowest BCUT2D eigenvalue weighted by atomic mass is 10.1. The Balaban J connectivity index is 2.10. The van der Waals surface area contributed by atoms with Gasteiger partial charge in [-0.2, -0.15) is 5.10 Å². The SMILES string of the molecule is COc1ccc(Br)cc1CN(C)[C@@H](C)C(=O)Nc1c(C)nn(C)c1C. The molecule has 25 heavy (non-hydrogen) atoms. The average Bonchev–Trinajstić information content (AvgIpc) is 2.80. The summed E-state index contributed by atoms with van der Waals surface area (Å²) in [5.41, 5.74) is 3.56. The third-order valence-corrected chi connectivity index (χ3v) is 4.95. The van der Waals surface area contributed by atoms with Gasteiger partial charge in [0.2, 0.25) is 5.91 Å². The second-order valence-electron chi connectivity index (χ2n) is 6.21. The molecule has 6 nitrogen and oxygen atoms in total. The van der Waals surface area contributed by atoms with Gasteiger partial charge in [-0.1, -0.05) is 15.9 Å². The molecule has 7 heteroatoms. The number of nitrogens with zero attached hydrogens (tertiary/aromatic N) is 3. The van der Waals surface area contributed by atoms with Gasteiger partial charge in [0.15, 0.2) is 0 Å². The fraction of sp³-hybridized carbons (Fsp3) is 0.444. The van der Waals surface area contributed by atoms with Crippen LogP contribution in [0.15, 0.2) is 22.7 Å². The molecule has 1 heterocycles. The molecule has 0 saturated carbocycles. The number of benzene rings is 1. The van der Waals surface area contributed by atoms with E-state index in [0.29, 0.717) is 6.54 Å². The van der Waals surface area contributed by atoms with Gasteiger partial charge in [-0.15, -0.1) is 0 Å². The molecule has 0 spiro atoms. The minimum absolute atomic E-state index is 0.0596. The van der Waals surface area contributed by atoms with Crippen molar-refractivity contribution in [2.45, 2.75) is 33.4 Å². The van der Waals surface area contributed by atoms with E-state index in [1.807, 2.05) is 58.0 Å². The van der Waals surface area contributed by atoms with Crippen molar-refractivity contribution >= 4 is 27.5 Å². The van der Waals surface area contributed by atoms with Gasteiger partial charge in [-0.3, -0.25) is 14.4 Å². The molecular weight excluding hydrogens is 384 g/mol. The summed E-state index contributed by atoms with van der Waals surface area (Å²) in [4.78, 5) is 14.6. The zero-order chi connectivity index (χ0) is 18.7. The number of halogens is 1. The number of ether oxygens (including phenoxy) is 1. The number of aryl methyl sites for hydroxylation is 2. The number of amides is 1. The Morgan fingerprint density at radius 1 is 1.44 bits per heavy atom. The largest absolute Gasteiger partial charge is 0.496 e. The number of anilines is 1. The van der Waals surface area contributed by atoms with E-state index in [0.717, 1.165) is 32.9 Å². The van der Waals surface area contributed by atoms with Crippen molar-refractivity contribution < 1.29 is 9.53 Å². The molecule has 0 aliphatic heterocycles. The van der Waals surface area contributed by atoms with Gasteiger partial charge < -0.3 is 10.1 Å². The van der Waals surface area contributed by atoms with Crippen LogP contribution < -0.4 is 10.1 Å². The summed E-state index contributed by atoms with van der Waals surface area (Å²) in [6, 6.07) is 5.56. The van der Waals surface area contributed by atoms with E-state index in [9.17, 15) is 4.79 Å². The number of methoxy groups -OCH3 is 1. The second-order valence-corrected chi connectivity index (χ2v) is 7.12. The molecule has 1 amide bonds. The van der Waals surface area contributed by atoms with E-state index >= 15 is 0 Å². The molecule has 0 aliphatic rings. The van der Waals surface area contributed by atoms with E-state index in [-0.39, 0.29) is 11.9 Å². The van der Waals surface area contributed by atoms with Gasteiger partial charge in [-0.05, 0) is 46.0 Å². The van der Waals surface area contributed by atoms with E-state index in [1.165, 1.54) is 0 Å². The first-order chi connectivity index (χ1) is 11.7. The molecule has 1 aromatic carbocycles. The van der Waals surface area contributed by atoms with Crippen LogP contribution in [0.25, 0.3) is 0 Å². The lowest BCUT2D eigenvalue weighted by molar-refractivity contribution is -0.120. The van der Waals surface area contributed by atoms with Gasteiger partial charge >= 0.3 is 0 Å². The number of nitrogens with one attached hydrogen (secondary N) is 1. The Morgan fingerprint density at radius 2 is 2.12 bits per heavy atom. The summed E-state index contributed by atoms with van der Waals surface area (Å²) in [7, 11) is 5.44. The lowest BCUT2D eigenvalue weighted by Crippen LogP contribution is -2.39. The minimum Gasteiger partial charge on any atom is -0.496 e. The first-order valence-corrected chi connectivity index (χ1v) is 8.87. The van der Waals surface area contributed by atoms with Crippen LogP contribution in [0.4, 0.5) is 5.69 Å². The normalized spacial score (nSPS) is 12.3. The highest BCUT2D eigenvalue weighted by atomic mass is 79.9. The summed E-state index contributed by atoms with van der Waals surface area (Å²) in [5, 5.41) is 7.34. The summed E-state index contributed by atoms with van der Waals surface area (Å²) in [6.07, 6.45) is 0. The number of aromatic nitrogens is 2. The molecule has 0 saturated heterocycles. The van der Waals surface area contributed by atoms with Crippen LogP contribution >= 0.6 is 15.9 Å². The van der Waals surface area contributed by atoms with Crippen molar-refractivity contribution in [1.29, 1.82) is 0 Å². The maximum atomic E-state index is 12.6. The van der Waals surface area contributed by atoms with Crippen molar-refractivity contribution in [3.8, 4) is 5.75 Å². The number of carbonyl (C=O) groups excluding carboxylic acids is 1. The van der Waals surface area contributed by atoms with Gasteiger partial charge in [-0.25, -0.2) is 0 Å². The molecule has 1 N–H and O–H groups in total. The second kappa shape index (κ2) is 8.01. The third-order valence-electron chi connectivity index (χ3n) is 4.46. The Bertz CT molecular complexity index is 773. The zero-order valence-corrected chi connectivity index (χ0v) is 17.1. The van der Waals surface area contributed by atoms with Crippen molar-refractivity contribution in [2.75, 3.05) is 19.5 Å². The molecule has 2 rings (SSSR count). The van der Waals surface area contributed by atoms with Gasteiger partial charge in [0, 0.05) is 23.6 Å². The standard InChI is InChI=1S/C18H25BrN4O2/c1-11-17(12(2)23(5)21-11)20-18(24)13(3)22(4)10-14-9-15(19)7-8-16(14)25-6/h7-9,13H,10H2,1-6H3,(H,20,24)/t13-/m0/s1. The number of rotatable bonds is 6. The van der Waals surface area contributed by atoms with E-state index in [1.54, 1.807) is 11.8 Å². The van der Waals surface area contributed by atoms with Crippen molar-refractivity contribution in [1.82, 2.24) is 14.7 Å². The van der Waals surface area contributed by atoms with Crippen LogP contribution in [0.5, 0.6) is 5.75 Å². The molecule has 0 fully saturated rings. The summed E-state index contributed by atoms with van der Waals surface area (Å²) < 4.78 is 8.16. The first-order valence-electron chi connectivity index (χ1n) is 8.08. The smallest absolute Gasteiger partial charge is 0.241 e. The fourth-order valence-corrected chi connectivity index (χ4v) is 3.07. The quantitative estimate of drug-likeness (QED) is 0.796. The molecule has 1 atom stereocenters. The highest BCUT2D eigenvalue weighted by Crippen LogP contribution is 2.25. The molecule has 0 radical (unpaired) electrons. The highest BCUT2D eigenvalue weighted by molar-refractivity contribution is 9.10. The first kappa shape index (κ1) is 19.5. The molecule has 2 aromatic rings. The predicted octanol–water partition coefficient (Wildman–Crippen LogP) is 3.27. The van der Waals surface area contributed by atoms with Crippen LogP contribution in [0, 0.1) is 13.8 Å². The van der Waals surface area contributed by atoms with E-state index in [2.05, 4.69) is 26.3 Å². The fourth-order valence-electron chi connectivity index (χ4n) is 2.66. The van der Waals surface area contributed by atoms with Crippen LogP contribution in [0.1, 0.15) is 23.9 Å². The molecular formula is C18H25BrN4O2. The van der Waals surface area contributed by atoms with Crippen LogP contribution in [0.3, 0.4) is 0 Å². The Morgan fingerprint density at radius 3 is 2.68 bits per heavy atom. The molecule has 0 bridgehead atoms.